The standard InChI is InChI=1S/C8H13Cl2N/c9-8(10)5-7(8)6-11-3-1-2-4-11/h7H,1-6H2. The number of hydrogen-bond donors (Lipinski definition) is 0. The van der Waals surface area contributed by atoms with Crippen LogP contribution in [0, 0.1) is 5.92 Å². The first-order valence-electron chi connectivity index (χ1n) is 4.29. The molecule has 1 aliphatic carbocycles. The van der Waals surface area contributed by atoms with Crippen LogP contribution in [0.1, 0.15) is 19.3 Å². The minimum atomic E-state index is -0.372. The molecule has 1 saturated carbocycles. The van der Waals surface area contributed by atoms with Crippen LogP contribution in [0.3, 0.4) is 0 Å². The molecule has 64 valence electrons. The Morgan fingerprint density at radius 1 is 1.27 bits per heavy atom. The van der Waals surface area contributed by atoms with Gasteiger partial charge in [-0.05, 0) is 32.4 Å². The molecule has 1 atom stereocenters. The molecule has 0 N–H and O–H groups in total. The van der Waals surface area contributed by atoms with Gasteiger partial charge < -0.3 is 4.90 Å². The van der Waals surface area contributed by atoms with Crippen molar-refractivity contribution in [3.63, 3.8) is 0 Å². The van der Waals surface area contributed by atoms with E-state index in [2.05, 4.69) is 4.90 Å². The fourth-order valence-electron chi connectivity index (χ4n) is 1.74. The van der Waals surface area contributed by atoms with Crippen LogP contribution < -0.4 is 0 Å². The van der Waals surface area contributed by atoms with E-state index in [4.69, 9.17) is 23.2 Å². The lowest BCUT2D eigenvalue weighted by Crippen LogP contribution is -2.23. The van der Waals surface area contributed by atoms with E-state index in [0.717, 1.165) is 13.0 Å². The summed E-state index contributed by atoms with van der Waals surface area (Å²) in [6.07, 6.45) is 3.70. The fourth-order valence-corrected chi connectivity index (χ4v) is 2.26. The molecule has 0 bridgehead atoms. The molecular weight excluding hydrogens is 181 g/mol. The molecule has 0 radical (unpaired) electrons. The highest BCUT2D eigenvalue weighted by Crippen LogP contribution is 2.53. The average Bonchev–Trinajstić information content (AvgIpc) is 2.42. The maximum absolute atomic E-state index is 5.92. The second-order valence-electron chi connectivity index (χ2n) is 3.67. The van der Waals surface area contributed by atoms with Crippen molar-refractivity contribution >= 4 is 23.2 Å². The Labute approximate surface area is 77.6 Å². The summed E-state index contributed by atoms with van der Waals surface area (Å²) in [5.74, 6) is 0.545. The van der Waals surface area contributed by atoms with Crippen molar-refractivity contribution in [2.24, 2.45) is 5.92 Å². The molecule has 0 aromatic heterocycles. The Hall–Kier alpha value is 0.540. The lowest BCUT2D eigenvalue weighted by Gasteiger charge is -2.13. The Bertz CT molecular complexity index is 149. The molecule has 1 saturated heterocycles. The predicted molar refractivity (Wildman–Crippen MR) is 48.2 cm³/mol. The zero-order valence-corrected chi connectivity index (χ0v) is 8.03. The van der Waals surface area contributed by atoms with Gasteiger partial charge in [-0.25, -0.2) is 0 Å². The van der Waals surface area contributed by atoms with Crippen molar-refractivity contribution in [1.29, 1.82) is 0 Å². The van der Waals surface area contributed by atoms with E-state index in [0.29, 0.717) is 5.92 Å². The van der Waals surface area contributed by atoms with Gasteiger partial charge in [0.1, 0.15) is 4.33 Å². The highest BCUT2D eigenvalue weighted by Gasteiger charge is 2.51. The van der Waals surface area contributed by atoms with Crippen molar-refractivity contribution in [3.05, 3.63) is 0 Å². The van der Waals surface area contributed by atoms with E-state index in [1.165, 1.54) is 25.9 Å². The molecule has 1 aliphatic heterocycles. The first kappa shape index (κ1) is 8.15. The third kappa shape index (κ3) is 1.82. The summed E-state index contributed by atoms with van der Waals surface area (Å²) < 4.78 is -0.372. The highest BCUT2D eigenvalue weighted by atomic mass is 35.5. The normalized spacial score (nSPS) is 36.0. The lowest BCUT2D eigenvalue weighted by atomic mass is 10.4. The fraction of sp³-hybridized carbons (Fsp3) is 1.00. The van der Waals surface area contributed by atoms with Gasteiger partial charge in [0.2, 0.25) is 0 Å². The van der Waals surface area contributed by atoms with Crippen LogP contribution in [0.4, 0.5) is 0 Å². The average molecular weight is 194 g/mol. The second-order valence-corrected chi connectivity index (χ2v) is 5.21. The van der Waals surface area contributed by atoms with E-state index in [-0.39, 0.29) is 4.33 Å². The quantitative estimate of drug-likeness (QED) is 0.609. The van der Waals surface area contributed by atoms with Crippen LogP contribution in [0.15, 0.2) is 0 Å². The third-order valence-electron chi connectivity index (χ3n) is 2.63. The van der Waals surface area contributed by atoms with Gasteiger partial charge in [0, 0.05) is 12.5 Å². The number of alkyl halides is 2. The molecule has 2 fully saturated rings. The zero-order chi connectivity index (χ0) is 7.90. The first-order valence-corrected chi connectivity index (χ1v) is 5.04. The maximum atomic E-state index is 5.92. The Morgan fingerprint density at radius 2 is 1.82 bits per heavy atom. The van der Waals surface area contributed by atoms with Crippen LogP contribution in [0.5, 0.6) is 0 Å². The number of halogens is 2. The van der Waals surface area contributed by atoms with Crippen LogP contribution in [0.2, 0.25) is 0 Å². The van der Waals surface area contributed by atoms with Crippen molar-refractivity contribution in [3.8, 4) is 0 Å². The highest BCUT2D eigenvalue weighted by molar-refractivity contribution is 6.50. The smallest absolute Gasteiger partial charge is 0.122 e. The zero-order valence-electron chi connectivity index (χ0n) is 6.52. The summed E-state index contributed by atoms with van der Waals surface area (Å²) >= 11 is 11.8. The van der Waals surface area contributed by atoms with Gasteiger partial charge in [-0.3, -0.25) is 0 Å². The number of rotatable bonds is 2. The van der Waals surface area contributed by atoms with Gasteiger partial charge in [0.25, 0.3) is 0 Å². The van der Waals surface area contributed by atoms with Crippen LogP contribution >= 0.6 is 23.2 Å². The van der Waals surface area contributed by atoms with E-state index in [9.17, 15) is 0 Å². The summed E-state index contributed by atoms with van der Waals surface area (Å²) in [4.78, 5) is 2.47. The van der Waals surface area contributed by atoms with E-state index < -0.39 is 0 Å². The maximum Gasteiger partial charge on any atom is 0.122 e. The van der Waals surface area contributed by atoms with Gasteiger partial charge in [-0.1, -0.05) is 0 Å². The largest absolute Gasteiger partial charge is 0.303 e. The van der Waals surface area contributed by atoms with Crippen molar-refractivity contribution < 1.29 is 0 Å². The van der Waals surface area contributed by atoms with Crippen LogP contribution in [-0.2, 0) is 0 Å². The van der Waals surface area contributed by atoms with Gasteiger partial charge in [-0.2, -0.15) is 0 Å². The summed E-state index contributed by atoms with van der Waals surface area (Å²) in [6.45, 7) is 3.62. The molecular formula is C8H13Cl2N. The number of nitrogens with zero attached hydrogens (tertiary/aromatic N) is 1. The minimum Gasteiger partial charge on any atom is -0.303 e. The summed E-state index contributed by atoms with van der Waals surface area (Å²) in [6, 6.07) is 0. The van der Waals surface area contributed by atoms with Crippen molar-refractivity contribution in [2.45, 2.75) is 23.6 Å². The van der Waals surface area contributed by atoms with Crippen molar-refractivity contribution in [1.82, 2.24) is 4.90 Å². The van der Waals surface area contributed by atoms with Gasteiger partial charge in [0.05, 0.1) is 0 Å². The van der Waals surface area contributed by atoms with Gasteiger partial charge in [0.15, 0.2) is 0 Å². The molecule has 1 unspecified atom stereocenters. The molecule has 0 aromatic carbocycles. The van der Waals surface area contributed by atoms with E-state index in [1.54, 1.807) is 0 Å². The van der Waals surface area contributed by atoms with Gasteiger partial charge in [-0.15, -0.1) is 23.2 Å². The molecule has 11 heavy (non-hydrogen) atoms. The molecule has 1 heterocycles. The van der Waals surface area contributed by atoms with Crippen molar-refractivity contribution in [2.75, 3.05) is 19.6 Å². The topological polar surface area (TPSA) is 3.24 Å². The SMILES string of the molecule is ClC1(Cl)CC1CN1CCCC1. The molecule has 2 rings (SSSR count). The van der Waals surface area contributed by atoms with Gasteiger partial charge >= 0.3 is 0 Å². The van der Waals surface area contributed by atoms with Crippen LogP contribution in [0.25, 0.3) is 0 Å². The molecule has 0 spiro atoms. The van der Waals surface area contributed by atoms with E-state index >= 15 is 0 Å². The second kappa shape index (κ2) is 2.79. The Kier molecular flexibility index (Phi) is 2.07. The summed E-state index contributed by atoms with van der Waals surface area (Å²) in [5.41, 5.74) is 0. The summed E-state index contributed by atoms with van der Waals surface area (Å²) in [7, 11) is 0. The molecule has 0 amide bonds. The number of likely N-dealkylation sites (tertiary alicyclic amines) is 1. The van der Waals surface area contributed by atoms with Crippen LogP contribution in [-0.4, -0.2) is 28.9 Å². The lowest BCUT2D eigenvalue weighted by molar-refractivity contribution is 0.323. The Morgan fingerprint density at radius 3 is 2.27 bits per heavy atom. The predicted octanol–water partition coefficient (Wildman–Crippen LogP) is 2.28. The van der Waals surface area contributed by atoms with E-state index in [1.807, 2.05) is 0 Å². The summed E-state index contributed by atoms with van der Waals surface area (Å²) in [5, 5.41) is 0. The third-order valence-corrected chi connectivity index (χ3v) is 3.56. The minimum absolute atomic E-state index is 0.372. The molecule has 3 heteroatoms. The number of hydrogen-bond acceptors (Lipinski definition) is 1. The first-order chi connectivity index (χ1) is 5.18. The molecule has 0 aromatic rings. The monoisotopic (exact) mass is 193 g/mol. The molecule has 1 nitrogen and oxygen atoms in total. The Balaban J connectivity index is 1.75. The molecule has 2 aliphatic rings.